The molecule has 0 saturated heterocycles. The van der Waals surface area contributed by atoms with E-state index in [0.717, 1.165) is 5.69 Å². The standard InChI is InChI=1S/C29H27N5O5/c1-33(2)21-15-13-19(14-16-21)17-23(30-27(36)20-9-5-4-6-10-20)28(37)32-31-26-22-11-7-8-12-24(22)34(29(26)38)18-25(35)39-3/h4-17,38H,18H2,1-3H3,(H,30,36)/b23-17-,32-31?. The van der Waals surface area contributed by atoms with Gasteiger partial charge in [0.25, 0.3) is 5.91 Å². The van der Waals surface area contributed by atoms with Crippen LogP contribution in [-0.2, 0) is 20.9 Å². The number of para-hydroxylation sites is 1. The van der Waals surface area contributed by atoms with E-state index in [2.05, 4.69) is 15.5 Å². The van der Waals surface area contributed by atoms with Crippen LogP contribution in [0.4, 0.5) is 11.4 Å². The van der Waals surface area contributed by atoms with E-state index in [0.29, 0.717) is 22.0 Å². The first kappa shape index (κ1) is 26.8. The second-order valence-corrected chi connectivity index (χ2v) is 8.72. The molecule has 0 aliphatic carbocycles. The number of ether oxygens (including phenoxy) is 1. The summed E-state index contributed by atoms with van der Waals surface area (Å²) in [7, 11) is 5.08. The molecule has 0 radical (unpaired) electrons. The highest BCUT2D eigenvalue weighted by Crippen LogP contribution is 2.38. The van der Waals surface area contributed by atoms with Crippen LogP contribution in [0, 0.1) is 0 Å². The van der Waals surface area contributed by atoms with Crippen LogP contribution in [-0.4, -0.2) is 48.7 Å². The van der Waals surface area contributed by atoms with Crippen LogP contribution in [0.1, 0.15) is 15.9 Å². The average molecular weight is 526 g/mol. The Kier molecular flexibility index (Phi) is 8.15. The highest BCUT2D eigenvalue weighted by Gasteiger charge is 2.20. The predicted octanol–water partition coefficient (Wildman–Crippen LogP) is 4.67. The first-order valence-electron chi connectivity index (χ1n) is 12.0. The third kappa shape index (κ3) is 6.19. The second kappa shape index (κ2) is 11.9. The number of hydrogen-bond donors (Lipinski definition) is 2. The Hall–Kier alpha value is -5.25. The summed E-state index contributed by atoms with van der Waals surface area (Å²) in [6, 6.07) is 22.7. The summed E-state index contributed by atoms with van der Waals surface area (Å²) >= 11 is 0. The molecule has 0 aliphatic rings. The SMILES string of the molecule is COC(=O)Cn1c(O)c(N=NC(=O)/C(=C/c2ccc(N(C)C)cc2)NC(=O)c2ccccc2)c2ccccc21. The van der Waals surface area contributed by atoms with Crippen molar-refractivity contribution in [2.45, 2.75) is 6.54 Å². The van der Waals surface area contributed by atoms with Crippen LogP contribution in [0.15, 0.2) is 94.8 Å². The van der Waals surface area contributed by atoms with E-state index in [1.807, 2.05) is 31.1 Å². The van der Waals surface area contributed by atoms with Gasteiger partial charge >= 0.3 is 11.9 Å². The molecule has 198 valence electrons. The fourth-order valence-corrected chi connectivity index (χ4v) is 3.84. The maximum absolute atomic E-state index is 13.2. The van der Waals surface area contributed by atoms with E-state index >= 15 is 0 Å². The molecule has 10 nitrogen and oxygen atoms in total. The summed E-state index contributed by atoms with van der Waals surface area (Å²) in [4.78, 5) is 39.9. The lowest BCUT2D eigenvalue weighted by Crippen LogP contribution is -2.26. The Labute approximate surface area is 224 Å². The number of fused-ring (bicyclic) bond motifs is 1. The Morgan fingerprint density at radius 1 is 0.974 bits per heavy atom. The van der Waals surface area contributed by atoms with Crippen LogP contribution in [0.2, 0.25) is 0 Å². The van der Waals surface area contributed by atoms with E-state index in [-0.39, 0.29) is 23.8 Å². The molecule has 3 aromatic carbocycles. The zero-order valence-corrected chi connectivity index (χ0v) is 21.7. The van der Waals surface area contributed by atoms with E-state index in [1.54, 1.807) is 66.7 Å². The Bertz CT molecular complexity index is 1570. The molecule has 2 N–H and O–H groups in total. The minimum atomic E-state index is -0.833. The van der Waals surface area contributed by atoms with Gasteiger partial charge in [-0.25, -0.2) is 0 Å². The van der Waals surface area contributed by atoms with E-state index in [1.165, 1.54) is 17.8 Å². The van der Waals surface area contributed by atoms with Gasteiger partial charge < -0.3 is 20.1 Å². The number of nitrogens with zero attached hydrogens (tertiary/aromatic N) is 4. The maximum atomic E-state index is 13.2. The van der Waals surface area contributed by atoms with Gasteiger partial charge in [-0.2, -0.15) is 0 Å². The molecule has 0 unspecified atom stereocenters. The van der Waals surface area contributed by atoms with Gasteiger partial charge in [-0.1, -0.05) is 48.5 Å². The molecule has 0 spiro atoms. The van der Waals surface area contributed by atoms with Crippen molar-refractivity contribution in [3.05, 3.63) is 95.7 Å². The molecule has 0 saturated carbocycles. The van der Waals surface area contributed by atoms with Gasteiger partial charge in [0.05, 0.1) is 12.6 Å². The summed E-state index contributed by atoms with van der Waals surface area (Å²) in [5.74, 6) is -2.25. The summed E-state index contributed by atoms with van der Waals surface area (Å²) in [5.41, 5.74) is 2.39. The lowest BCUT2D eigenvalue weighted by Gasteiger charge is -2.12. The molecule has 0 aliphatic heterocycles. The van der Waals surface area contributed by atoms with Crippen LogP contribution >= 0.6 is 0 Å². The molecule has 0 bridgehead atoms. The molecule has 0 fully saturated rings. The molecule has 2 amide bonds. The molecular weight excluding hydrogens is 498 g/mol. The summed E-state index contributed by atoms with van der Waals surface area (Å²) < 4.78 is 6.04. The molecule has 1 aromatic heterocycles. The van der Waals surface area contributed by atoms with Crippen molar-refractivity contribution in [3.63, 3.8) is 0 Å². The van der Waals surface area contributed by atoms with Gasteiger partial charge in [0.1, 0.15) is 12.2 Å². The lowest BCUT2D eigenvalue weighted by molar-refractivity contribution is -0.141. The number of methoxy groups -OCH3 is 1. The van der Waals surface area contributed by atoms with Gasteiger partial charge in [0.15, 0.2) is 5.69 Å². The summed E-state index contributed by atoms with van der Waals surface area (Å²) in [5, 5.41) is 21.7. The fourth-order valence-electron chi connectivity index (χ4n) is 3.84. The Balaban J connectivity index is 1.70. The predicted molar refractivity (Wildman–Crippen MR) is 148 cm³/mol. The number of anilines is 1. The lowest BCUT2D eigenvalue weighted by atomic mass is 10.1. The minimum Gasteiger partial charge on any atom is -0.493 e. The van der Waals surface area contributed by atoms with Gasteiger partial charge in [-0.15, -0.1) is 10.2 Å². The maximum Gasteiger partial charge on any atom is 0.325 e. The highest BCUT2D eigenvalue weighted by molar-refractivity contribution is 6.06. The number of esters is 1. The number of azo groups is 1. The van der Waals surface area contributed by atoms with E-state index < -0.39 is 17.8 Å². The largest absolute Gasteiger partial charge is 0.493 e. The van der Waals surface area contributed by atoms with Gasteiger partial charge in [-0.05, 0) is 42.0 Å². The van der Waals surface area contributed by atoms with Crippen molar-refractivity contribution in [1.29, 1.82) is 0 Å². The van der Waals surface area contributed by atoms with Crippen molar-refractivity contribution in [3.8, 4) is 5.88 Å². The van der Waals surface area contributed by atoms with Crippen LogP contribution in [0.5, 0.6) is 5.88 Å². The number of carbonyl (C=O) groups is 3. The van der Waals surface area contributed by atoms with Crippen molar-refractivity contribution >= 4 is 46.1 Å². The zero-order valence-electron chi connectivity index (χ0n) is 21.7. The molecule has 0 atom stereocenters. The molecule has 1 heterocycles. The first-order chi connectivity index (χ1) is 18.8. The molecule has 10 heteroatoms. The monoisotopic (exact) mass is 525 g/mol. The fraction of sp³-hybridized carbons (Fsp3) is 0.138. The summed E-state index contributed by atoms with van der Waals surface area (Å²) in [6.07, 6.45) is 1.50. The van der Waals surface area contributed by atoms with E-state index in [9.17, 15) is 19.5 Å². The Morgan fingerprint density at radius 2 is 1.64 bits per heavy atom. The summed E-state index contributed by atoms with van der Waals surface area (Å²) in [6.45, 7) is -0.256. The van der Waals surface area contributed by atoms with Gasteiger partial charge in [-0.3, -0.25) is 19.0 Å². The van der Waals surface area contributed by atoms with Crippen molar-refractivity contribution in [2.24, 2.45) is 10.2 Å². The molecule has 4 aromatic rings. The normalized spacial score (nSPS) is 11.5. The zero-order chi connectivity index (χ0) is 27.9. The quantitative estimate of drug-likeness (QED) is 0.196. The number of rotatable bonds is 8. The number of hydrogen-bond acceptors (Lipinski definition) is 7. The van der Waals surface area contributed by atoms with Crippen molar-refractivity contribution in [2.75, 3.05) is 26.1 Å². The van der Waals surface area contributed by atoms with Crippen LogP contribution in [0.3, 0.4) is 0 Å². The average Bonchev–Trinajstić information content (AvgIpc) is 3.22. The highest BCUT2D eigenvalue weighted by atomic mass is 16.5. The smallest absolute Gasteiger partial charge is 0.325 e. The van der Waals surface area contributed by atoms with Crippen molar-refractivity contribution in [1.82, 2.24) is 9.88 Å². The van der Waals surface area contributed by atoms with Crippen LogP contribution < -0.4 is 10.2 Å². The van der Waals surface area contributed by atoms with Gasteiger partial charge in [0.2, 0.25) is 5.88 Å². The topological polar surface area (TPSA) is 126 Å². The first-order valence-corrected chi connectivity index (χ1v) is 12.0. The third-order valence-electron chi connectivity index (χ3n) is 5.91. The number of benzene rings is 3. The Morgan fingerprint density at radius 3 is 2.31 bits per heavy atom. The molecule has 4 rings (SSSR count). The number of carbonyl (C=O) groups excluding carboxylic acids is 3. The number of aromatic hydroxyl groups is 1. The number of nitrogens with one attached hydrogen (secondary N) is 1. The minimum absolute atomic E-state index is 0.00641. The third-order valence-corrected chi connectivity index (χ3v) is 5.91. The molecule has 39 heavy (non-hydrogen) atoms. The molecular formula is C29H27N5O5. The van der Waals surface area contributed by atoms with Crippen LogP contribution in [0.25, 0.3) is 17.0 Å². The number of aromatic nitrogens is 1. The van der Waals surface area contributed by atoms with Crippen molar-refractivity contribution < 1.29 is 24.2 Å². The van der Waals surface area contributed by atoms with Gasteiger partial charge in [0, 0.05) is 30.7 Å². The number of amides is 2. The second-order valence-electron chi connectivity index (χ2n) is 8.72. The van der Waals surface area contributed by atoms with E-state index in [4.69, 9.17) is 4.74 Å².